The number of hydrogen-bond acceptors (Lipinski definition) is 5. The lowest BCUT2D eigenvalue weighted by Gasteiger charge is -2.13. The van der Waals surface area contributed by atoms with Crippen LogP contribution in [0.1, 0.15) is 28.8 Å². The normalized spacial score (nSPS) is 10.6. The Labute approximate surface area is 171 Å². The van der Waals surface area contributed by atoms with E-state index in [1.807, 2.05) is 44.2 Å². The molecule has 7 nitrogen and oxygen atoms in total. The number of anilines is 1. The van der Waals surface area contributed by atoms with E-state index < -0.39 is 18.1 Å². The van der Waals surface area contributed by atoms with Gasteiger partial charge in [0.2, 0.25) is 5.88 Å². The highest BCUT2D eigenvalue weighted by molar-refractivity contribution is 5.73. The standard InChI is InChI=1S/C18H22N2O3.C2HF3O2/c1-12-9-17(23-3)20-13(2)16(12)11-19-15-6-4-5-14(10-15)7-8-18(21)22;3-2(4,5)1(6)7/h4-6,9-10,19H,7-8,11H2,1-3H3,(H,21,22);(H,6,7). The zero-order valence-corrected chi connectivity index (χ0v) is 16.7. The third-order valence-electron chi connectivity index (χ3n) is 4.01. The summed E-state index contributed by atoms with van der Waals surface area (Å²) in [5.74, 6) is -2.91. The average Bonchev–Trinajstić information content (AvgIpc) is 2.65. The molecule has 0 saturated heterocycles. The van der Waals surface area contributed by atoms with Crippen LogP contribution in [-0.4, -0.2) is 40.4 Å². The van der Waals surface area contributed by atoms with Crippen molar-refractivity contribution in [2.45, 2.75) is 39.4 Å². The molecule has 1 aromatic carbocycles. The van der Waals surface area contributed by atoms with E-state index in [9.17, 15) is 18.0 Å². The Hall–Kier alpha value is -3.30. The highest BCUT2D eigenvalue weighted by Crippen LogP contribution is 2.20. The molecule has 0 unspecified atom stereocenters. The molecule has 0 spiro atoms. The Morgan fingerprint density at radius 2 is 1.80 bits per heavy atom. The Kier molecular flexibility index (Phi) is 9.10. The Morgan fingerprint density at radius 1 is 1.17 bits per heavy atom. The number of aryl methyl sites for hydroxylation is 3. The fourth-order valence-corrected chi connectivity index (χ4v) is 2.47. The van der Waals surface area contributed by atoms with E-state index in [0.717, 1.165) is 28.1 Å². The van der Waals surface area contributed by atoms with Crippen LogP contribution in [0.5, 0.6) is 5.88 Å². The van der Waals surface area contributed by atoms with Crippen molar-refractivity contribution in [3.8, 4) is 5.88 Å². The molecule has 1 heterocycles. The van der Waals surface area contributed by atoms with Crippen molar-refractivity contribution < 1.29 is 37.7 Å². The maximum Gasteiger partial charge on any atom is 0.490 e. The van der Waals surface area contributed by atoms with Gasteiger partial charge in [-0.2, -0.15) is 13.2 Å². The maximum absolute atomic E-state index is 10.7. The van der Waals surface area contributed by atoms with Gasteiger partial charge in [0.15, 0.2) is 0 Å². The lowest BCUT2D eigenvalue weighted by atomic mass is 10.1. The lowest BCUT2D eigenvalue weighted by Crippen LogP contribution is -2.21. The molecule has 0 aliphatic heterocycles. The van der Waals surface area contributed by atoms with Gasteiger partial charge < -0.3 is 20.3 Å². The van der Waals surface area contributed by atoms with Gasteiger partial charge in [-0.05, 0) is 49.1 Å². The number of carboxylic acid groups (broad SMARTS) is 2. The topological polar surface area (TPSA) is 109 Å². The van der Waals surface area contributed by atoms with Gasteiger partial charge in [-0.1, -0.05) is 12.1 Å². The van der Waals surface area contributed by atoms with Crippen molar-refractivity contribution in [2.75, 3.05) is 12.4 Å². The number of rotatable bonds is 7. The number of benzene rings is 1. The van der Waals surface area contributed by atoms with Crippen molar-refractivity contribution in [3.63, 3.8) is 0 Å². The van der Waals surface area contributed by atoms with Crippen molar-refractivity contribution in [1.82, 2.24) is 4.98 Å². The van der Waals surface area contributed by atoms with Gasteiger partial charge in [0.25, 0.3) is 0 Å². The molecule has 30 heavy (non-hydrogen) atoms. The number of methoxy groups -OCH3 is 1. The molecular weight excluding hydrogens is 405 g/mol. The van der Waals surface area contributed by atoms with Crippen LogP contribution in [0.15, 0.2) is 30.3 Å². The number of aromatic nitrogens is 1. The van der Waals surface area contributed by atoms with E-state index in [4.69, 9.17) is 19.7 Å². The van der Waals surface area contributed by atoms with Gasteiger partial charge in [0.05, 0.1) is 7.11 Å². The van der Waals surface area contributed by atoms with Crippen LogP contribution in [0.2, 0.25) is 0 Å². The number of aliphatic carboxylic acids is 2. The summed E-state index contributed by atoms with van der Waals surface area (Å²) < 4.78 is 36.9. The number of carbonyl (C=O) groups is 2. The molecule has 3 N–H and O–H groups in total. The van der Waals surface area contributed by atoms with Crippen molar-refractivity contribution >= 4 is 17.6 Å². The van der Waals surface area contributed by atoms with Crippen LogP contribution >= 0.6 is 0 Å². The minimum absolute atomic E-state index is 0.143. The number of ether oxygens (including phenoxy) is 1. The summed E-state index contributed by atoms with van der Waals surface area (Å²) in [6.07, 6.45) is -4.41. The summed E-state index contributed by atoms with van der Waals surface area (Å²) in [7, 11) is 1.61. The van der Waals surface area contributed by atoms with Crippen LogP contribution < -0.4 is 10.1 Å². The highest BCUT2D eigenvalue weighted by atomic mass is 19.4. The second kappa shape index (κ2) is 11.0. The zero-order chi connectivity index (χ0) is 22.9. The molecule has 164 valence electrons. The first-order valence-electron chi connectivity index (χ1n) is 8.79. The summed E-state index contributed by atoms with van der Waals surface area (Å²) >= 11 is 0. The van der Waals surface area contributed by atoms with Crippen LogP contribution in [0.4, 0.5) is 18.9 Å². The molecule has 0 radical (unpaired) electrons. The molecule has 0 aliphatic carbocycles. The SMILES string of the molecule is COc1cc(C)c(CNc2cccc(CCC(=O)O)c2)c(C)n1.O=C(O)C(F)(F)F. The van der Waals surface area contributed by atoms with E-state index in [1.165, 1.54) is 0 Å². The molecule has 0 amide bonds. The largest absolute Gasteiger partial charge is 0.490 e. The summed E-state index contributed by atoms with van der Waals surface area (Å²) in [5.41, 5.74) is 5.20. The second-order valence-electron chi connectivity index (χ2n) is 6.30. The molecule has 0 fully saturated rings. The summed E-state index contributed by atoms with van der Waals surface area (Å²) in [6.45, 7) is 4.67. The van der Waals surface area contributed by atoms with Crippen LogP contribution in [0.3, 0.4) is 0 Å². The fourth-order valence-electron chi connectivity index (χ4n) is 2.47. The van der Waals surface area contributed by atoms with Crippen LogP contribution in [0.25, 0.3) is 0 Å². The van der Waals surface area contributed by atoms with Gasteiger partial charge in [0, 0.05) is 30.4 Å². The van der Waals surface area contributed by atoms with Crippen molar-refractivity contribution in [3.05, 3.63) is 52.7 Å². The molecule has 1 aromatic heterocycles. The Morgan fingerprint density at radius 3 is 2.30 bits per heavy atom. The van der Waals surface area contributed by atoms with Gasteiger partial charge in [-0.25, -0.2) is 9.78 Å². The van der Waals surface area contributed by atoms with Crippen LogP contribution in [0, 0.1) is 13.8 Å². The number of pyridine rings is 1. The first-order chi connectivity index (χ1) is 13.9. The first-order valence-corrected chi connectivity index (χ1v) is 8.79. The molecular formula is C20H23F3N2O5. The minimum atomic E-state index is -5.08. The van der Waals surface area contributed by atoms with Gasteiger partial charge in [0.1, 0.15) is 0 Å². The third-order valence-corrected chi connectivity index (χ3v) is 4.01. The summed E-state index contributed by atoms with van der Waals surface area (Å²) in [4.78, 5) is 24.0. The number of nitrogens with one attached hydrogen (secondary N) is 1. The zero-order valence-electron chi connectivity index (χ0n) is 16.7. The van der Waals surface area contributed by atoms with Crippen molar-refractivity contribution in [1.29, 1.82) is 0 Å². The predicted molar refractivity (Wildman–Crippen MR) is 104 cm³/mol. The van der Waals surface area contributed by atoms with Crippen molar-refractivity contribution in [2.24, 2.45) is 0 Å². The molecule has 0 atom stereocenters. The third kappa shape index (κ3) is 8.38. The molecule has 0 saturated carbocycles. The number of nitrogens with zero attached hydrogens (tertiary/aromatic N) is 1. The first kappa shape index (κ1) is 24.7. The number of carboxylic acids is 2. The molecule has 2 aromatic rings. The number of alkyl halides is 3. The summed E-state index contributed by atoms with van der Waals surface area (Å²) in [6, 6.07) is 9.77. The number of halogens is 3. The smallest absolute Gasteiger partial charge is 0.481 e. The predicted octanol–water partition coefficient (Wildman–Crippen LogP) is 3.97. The number of hydrogen-bond donors (Lipinski definition) is 3. The Balaban J connectivity index is 0.000000553. The summed E-state index contributed by atoms with van der Waals surface area (Å²) in [5, 5.41) is 19.3. The molecule has 0 bridgehead atoms. The van der Waals surface area contributed by atoms with Gasteiger partial charge >= 0.3 is 18.1 Å². The highest BCUT2D eigenvalue weighted by Gasteiger charge is 2.38. The van der Waals surface area contributed by atoms with E-state index in [1.54, 1.807) is 7.11 Å². The maximum atomic E-state index is 10.7. The molecule has 0 aliphatic rings. The van der Waals surface area contributed by atoms with E-state index in [-0.39, 0.29) is 6.42 Å². The van der Waals surface area contributed by atoms with E-state index in [0.29, 0.717) is 18.8 Å². The average molecular weight is 428 g/mol. The molecule has 10 heteroatoms. The lowest BCUT2D eigenvalue weighted by molar-refractivity contribution is -0.192. The quantitative estimate of drug-likeness (QED) is 0.612. The van der Waals surface area contributed by atoms with Gasteiger partial charge in [-0.3, -0.25) is 4.79 Å². The van der Waals surface area contributed by atoms with Gasteiger partial charge in [-0.15, -0.1) is 0 Å². The minimum Gasteiger partial charge on any atom is -0.481 e. The fraction of sp³-hybridized carbons (Fsp3) is 0.350. The molecule has 2 rings (SSSR count). The van der Waals surface area contributed by atoms with E-state index in [2.05, 4.69) is 10.3 Å². The second-order valence-corrected chi connectivity index (χ2v) is 6.30. The monoisotopic (exact) mass is 428 g/mol. The van der Waals surface area contributed by atoms with Crippen LogP contribution in [-0.2, 0) is 22.6 Å². The Bertz CT molecular complexity index is 862. The van der Waals surface area contributed by atoms with E-state index >= 15 is 0 Å².